The second-order valence-corrected chi connectivity index (χ2v) is 15.2. The van der Waals surface area contributed by atoms with E-state index in [0.29, 0.717) is 36.8 Å². The number of hydrogen-bond donors (Lipinski definition) is 0. The maximum Gasteiger partial charge on any atom is 0.493 e. The van der Waals surface area contributed by atoms with Crippen LogP contribution in [0.1, 0.15) is 84.3 Å². The van der Waals surface area contributed by atoms with Gasteiger partial charge < -0.3 is 9.57 Å². The van der Waals surface area contributed by atoms with Gasteiger partial charge in [-0.3, -0.25) is 9.69 Å². The number of piperidine rings is 1. The van der Waals surface area contributed by atoms with Crippen molar-refractivity contribution in [2.45, 2.75) is 93.5 Å². The van der Waals surface area contributed by atoms with Crippen molar-refractivity contribution in [3.05, 3.63) is 63.4 Å². The van der Waals surface area contributed by atoms with Gasteiger partial charge in [-0.15, -0.1) is 0 Å². The van der Waals surface area contributed by atoms with Gasteiger partial charge in [-0.2, -0.15) is 26.3 Å². The Morgan fingerprint density at radius 2 is 1.58 bits per heavy atom. The van der Waals surface area contributed by atoms with E-state index in [1.165, 1.54) is 6.07 Å². The van der Waals surface area contributed by atoms with E-state index in [1.54, 1.807) is 0 Å². The third-order valence-electron chi connectivity index (χ3n) is 9.27. The third-order valence-corrected chi connectivity index (χ3v) is 11.7. The summed E-state index contributed by atoms with van der Waals surface area (Å²) in [6.07, 6.45) is -5.81. The Bertz CT molecular complexity index is 1700. The van der Waals surface area contributed by atoms with Crippen LogP contribution in [0, 0.1) is 11.7 Å². The van der Waals surface area contributed by atoms with Crippen LogP contribution in [0.5, 0.6) is 5.75 Å². The number of fused-ring (bicyclic) bond motifs is 2. The van der Waals surface area contributed by atoms with Gasteiger partial charge in [0.2, 0.25) is 0 Å². The van der Waals surface area contributed by atoms with Crippen LogP contribution in [0.4, 0.5) is 30.7 Å². The molecule has 2 heterocycles. The van der Waals surface area contributed by atoms with Gasteiger partial charge in [-0.1, -0.05) is 16.1 Å². The zero-order valence-electron chi connectivity index (χ0n) is 25.1. The van der Waals surface area contributed by atoms with Gasteiger partial charge in [0.25, 0.3) is 10.0 Å². The number of hydroxylamine groups is 1. The number of alkyl halides is 6. The van der Waals surface area contributed by atoms with Crippen molar-refractivity contribution in [3.8, 4) is 5.75 Å². The van der Waals surface area contributed by atoms with E-state index in [9.17, 15) is 44.3 Å². The molecule has 8 nitrogen and oxygen atoms in total. The number of benzene rings is 2. The molecular weight excluding hydrogens is 697 g/mol. The number of halogens is 8. The van der Waals surface area contributed by atoms with E-state index in [4.69, 9.17) is 16.3 Å². The van der Waals surface area contributed by atoms with E-state index in [-0.39, 0.29) is 60.7 Å². The first-order valence-corrected chi connectivity index (χ1v) is 17.3. The zero-order valence-corrected chi connectivity index (χ0v) is 26.7. The molecule has 2 aliphatic carbocycles. The largest absolute Gasteiger partial charge is 0.493 e. The summed E-state index contributed by atoms with van der Waals surface area (Å²) in [6.45, 7) is 0.410. The van der Waals surface area contributed by atoms with E-state index in [2.05, 4.69) is 9.74 Å². The molecule has 48 heavy (non-hydrogen) atoms. The minimum Gasteiger partial charge on any atom is -0.493 e. The van der Waals surface area contributed by atoms with E-state index < -0.39 is 60.9 Å². The van der Waals surface area contributed by atoms with Crippen LogP contribution in [0.2, 0.25) is 5.02 Å². The van der Waals surface area contributed by atoms with Gasteiger partial charge in [0, 0.05) is 29.7 Å². The van der Waals surface area contributed by atoms with Crippen LogP contribution < -0.4 is 4.74 Å². The van der Waals surface area contributed by atoms with E-state index >= 15 is 4.39 Å². The highest BCUT2D eigenvalue weighted by Gasteiger charge is 2.50. The van der Waals surface area contributed by atoms with Crippen LogP contribution in [-0.4, -0.2) is 59.8 Å². The van der Waals surface area contributed by atoms with Gasteiger partial charge in [0.05, 0.1) is 23.0 Å². The summed E-state index contributed by atoms with van der Waals surface area (Å²) in [7, 11) is -4.86. The predicted molar refractivity (Wildman–Crippen MR) is 156 cm³/mol. The topological polar surface area (TPSA) is 93.2 Å². The Labute approximate surface area is 276 Å². The predicted octanol–water partition coefficient (Wildman–Crippen LogP) is 7.15. The first-order chi connectivity index (χ1) is 22.4. The van der Waals surface area contributed by atoms with Gasteiger partial charge in [0.15, 0.2) is 0 Å². The Kier molecular flexibility index (Phi) is 9.16. The number of nitrogens with zero attached hydrogens (tertiary/aromatic N) is 2. The SMILES string of the molecule is O=C(c1cc(C2CC2)c(OCC2CC3CCC(C2)N3Cc2cc(C(F)(F)F)ccc2Cl)cc1F)N(OC(=O)C(F)(F)F)S(=O)(=O)C1CC1. The standard InChI is InChI=1S/C31H30ClF7N2O6S/c32-25-8-3-19(30(34,35)36)11-18(25)14-40-20-4-5-21(40)10-16(9-20)15-46-27-13-26(33)24(12-23(27)17-1-2-17)28(42)41(47-29(43)31(37,38)39)48(44,45)22-6-7-22/h3,8,11-13,16-17,20-22H,1-2,4-7,9-10,14-15H2. The number of amides is 1. The average Bonchev–Trinajstić information content (AvgIpc) is 3.91. The van der Waals surface area contributed by atoms with E-state index in [0.717, 1.165) is 37.1 Å². The molecule has 1 amide bonds. The van der Waals surface area contributed by atoms with Crippen molar-refractivity contribution in [1.82, 2.24) is 9.37 Å². The third kappa shape index (κ3) is 7.25. The molecule has 2 bridgehead atoms. The Morgan fingerprint density at radius 1 is 0.938 bits per heavy atom. The second-order valence-electron chi connectivity index (χ2n) is 12.8. The summed E-state index contributed by atoms with van der Waals surface area (Å²) in [5.41, 5.74) is -0.911. The molecule has 6 rings (SSSR count). The second kappa shape index (κ2) is 12.7. The number of ether oxygens (including phenoxy) is 1. The summed E-state index contributed by atoms with van der Waals surface area (Å²) in [5, 5.41) is -1.00. The highest BCUT2D eigenvalue weighted by molar-refractivity contribution is 7.90. The minimum absolute atomic E-state index is 0.00751. The lowest BCUT2D eigenvalue weighted by Crippen LogP contribution is -2.44. The molecule has 17 heteroatoms. The summed E-state index contributed by atoms with van der Waals surface area (Å²) in [5.74, 6) is -6.05. The molecular formula is C31H30ClF7N2O6S. The number of sulfonamides is 1. The van der Waals surface area contributed by atoms with Crippen LogP contribution >= 0.6 is 11.6 Å². The summed E-state index contributed by atoms with van der Waals surface area (Å²) in [4.78, 5) is 30.9. The van der Waals surface area contributed by atoms with Crippen LogP contribution in [0.3, 0.4) is 0 Å². The normalized spacial score (nSPS) is 23.2. The lowest BCUT2D eigenvalue weighted by Gasteiger charge is -2.39. The molecule has 2 saturated heterocycles. The molecule has 2 atom stereocenters. The van der Waals surface area contributed by atoms with Crippen LogP contribution in [-0.2, 0) is 32.4 Å². The number of rotatable bonds is 9. The lowest BCUT2D eigenvalue weighted by molar-refractivity contribution is -0.217. The summed E-state index contributed by atoms with van der Waals surface area (Å²) < 4.78 is 125. The number of carbonyl (C=O) groups excluding carboxylic acids is 2. The van der Waals surface area contributed by atoms with Crippen molar-refractivity contribution >= 4 is 33.5 Å². The van der Waals surface area contributed by atoms with Gasteiger partial charge in [-0.05, 0) is 98.6 Å². The van der Waals surface area contributed by atoms with Gasteiger partial charge in [-0.25, -0.2) is 17.6 Å². The average molecular weight is 727 g/mol. The molecule has 0 spiro atoms. The lowest BCUT2D eigenvalue weighted by atomic mass is 9.90. The fourth-order valence-corrected chi connectivity index (χ4v) is 8.25. The van der Waals surface area contributed by atoms with Crippen LogP contribution in [0.15, 0.2) is 30.3 Å². The van der Waals surface area contributed by atoms with Crippen LogP contribution in [0.25, 0.3) is 0 Å². The molecule has 4 aliphatic rings. The molecule has 0 N–H and O–H groups in total. The minimum atomic E-state index is -5.62. The van der Waals surface area contributed by atoms with Crippen molar-refractivity contribution in [1.29, 1.82) is 0 Å². The van der Waals surface area contributed by atoms with E-state index in [1.807, 2.05) is 0 Å². The number of carbonyl (C=O) groups is 2. The molecule has 4 fully saturated rings. The highest BCUT2D eigenvalue weighted by Crippen LogP contribution is 2.47. The fourth-order valence-electron chi connectivity index (χ4n) is 6.57. The molecule has 0 aromatic heterocycles. The molecule has 2 unspecified atom stereocenters. The maximum atomic E-state index is 15.4. The molecule has 2 aliphatic heterocycles. The Hall–Kier alpha value is -3.11. The fraction of sp³-hybridized carbons (Fsp3) is 0.548. The Morgan fingerprint density at radius 3 is 2.15 bits per heavy atom. The van der Waals surface area contributed by atoms with Crippen molar-refractivity contribution in [3.63, 3.8) is 0 Å². The first-order valence-electron chi connectivity index (χ1n) is 15.4. The monoisotopic (exact) mass is 726 g/mol. The Balaban J connectivity index is 1.16. The summed E-state index contributed by atoms with van der Waals surface area (Å²) in [6, 6.07) is 5.29. The molecule has 262 valence electrons. The molecule has 0 radical (unpaired) electrons. The highest BCUT2D eigenvalue weighted by atomic mass is 35.5. The molecule has 2 saturated carbocycles. The number of hydrogen-bond acceptors (Lipinski definition) is 7. The van der Waals surface area contributed by atoms with Crippen molar-refractivity contribution < 1.29 is 58.3 Å². The first kappa shape index (κ1) is 34.7. The smallest absolute Gasteiger partial charge is 0.493 e. The quantitative estimate of drug-likeness (QED) is 0.200. The zero-order chi connectivity index (χ0) is 34.8. The summed E-state index contributed by atoms with van der Waals surface area (Å²) >= 11 is 6.25. The molecule has 2 aromatic carbocycles. The molecule has 2 aromatic rings. The van der Waals surface area contributed by atoms with Crippen molar-refractivity contribution in [2.24, 2.45) is 5.92 Å². The van der Waals surface area contributed by atoms with Gasteiger partial charge >= 0.3 is 24.2 Å². The maximum absolute atomic E-state index is 15.4. The van der Waals surface area contributed by atoms with Gasteiger partial charge in [0.1, 0.15) is 11.6 Å². The van der Waals surface area contributed by atoms with Crippen molar-refractivity contribution in [2.75, 3.05) is 6.61 Å².